The fourth-order valence-electron chi connectivity index (χ4n) is 3.51. The van der Waals surface area contributed by atoms with Crippen LogP contribution in [0.3, 0.4) is 0 Å². The minimum absolute atomic E-state index is 0.115. The maximum Gasteiger partial charge on any atom is 0.309 e. The Labute approximate surface area is 180 Å². The van der Waals surface area contributed by atoms with E-state index in [0.717, 1.165) is 50.5 Å². The number of carboxylic acids is 1. The summed E-state index contributed by atoms with van der Waals surface area (Å²) in [6, 6.07) is 3.40. The second-order valence-corrected chi connectivity index (χ2v) is 9.36. The Hall–Kier alpha value is -2.24. The van der Waals surface area contributed by atoms with Crippen LogP contribution in [0.25, 0.3) is 0 Å². The summed E-state index contributed by atoms with van der Waals surface area (Å²) in [5, 5.41) is 29.9. The Morgan fingerprint density at radius 2 is 1.53 bits per heavy atom. The van der Waals surface area contributed by atoms with Crippen LogP contribution in [-0.4, -0.2) is 33.4 Å². The number of unbranched alkanes of at least 4 members (excludes halogenated alkanes) is 4. The standard InChI is InChI=1S/C24H38O6/c1-23(2,22(28)29)15-9-6-5-7-12-19-20(26)14-13-18(21(19)27)11-8-10-16-24(3,4)30-17-25/h13-14,17,26-27H,5-12,15-16H2,1-4H3,(H,28,29). The van der Waals surface area contributed by atoms with Crippen LogP contribution in [0, 0.1) is 5.41 Å². The third-order valence-corrected chi connectivity index (χ3v) is 5.74. The van der Waals surface area contributed by atoms with E-state index >= 15 is 0 Å². The van der Waals surface area contributed by atoms with E-state index in [1.54, 1.807) is 26.0 Å². The minimum Gasteiger partial charge on any atom is -0.508 e. The number of carboxylic acid groups (broad SMARTS) is 1. The summed E-state index contributed by atoms with van der Waals surface area (Å²) in [4.78, 5) is 21.6. The van der Waals surface area contributed by atoms with Crippen LogP contribution < -0.4 is 0 Å². The van der Waals surface area contributed by atoms with Crippen molar-refractivity contribution in [2.24, 2.45) is 5.41 Å². The number of hydrogen-bond acceptors (Lipinski definition) is 5. The molecule has 0 aliphatic rings. The Bertz CT molecular complexity index is 693. The maximum absolute atomic E-state index is 11.1. The third-order valence-electron chi connectivity index (χ3n) is 5.74. The van der Waals surface area contributed by atoms with Crippen molar-refractivity contribution in [3.63, 3.8) is 0 Å². The molecular formula is C24H38O6. The number of aryl methyl sites for hydroxylation is 1. The second-order valence-electron chi connectivity index (χ2n) is 9.36. The zero-order valence-corrected chi connectivity index (χ0v) is 18.9. The van der Waals surface area contributed by atoms with E-state index < -0.39 is 17.0 Å². The Morgan fingerprint density at radius 1 is 0.933 bits per heavy atom. The third kappa shape index (κ3) is 8.64. The molecule has 1 aromatic rings. The highest BCUT2D eigenvalue weighted by molar-refractivity contribution is 5.73. The summed E-state index contributed by atoms with van der Waals surface area (Å²) in [7, 11) is 0. The van der Waals surface area contributed by atoms with Gasteiger partial charge >= 0.3 is 5.97 Å². The first-order chi connectivity index (χ1) is 14.0. The summed E-state index contributed by atoms with van der Waals surface area (Å²) in [6.45, 7) is 7.71. The number of hydrogen-bond donors (Lipinski definition) is 3. The lowest BCUT2D eigenvalue weighted by Gasteiger charge is -2.22. The highest BCUT2D eigenvalue weighted by atomic mass is 16.5. The van der Waals surface area contributed by atoms with Crippen LogP contribution in [-0.2, 0) is 27.2 Å². The number of aliphatic carboxylic acids is 1. The smallest absolute Gasteiger partial charge is 0.309 e. The summed E-state index contributed by atoms with van der Waals surface area (Å²) in [6.07, 6.45) is 7.91. The summed E-state index contributed by atoms with van der Waals surface area (Å²) < 4.78 is 5.05. The van der Waals surface area contributed by atoms with Crippen LogP contribution >= 0.6 is 0 Å². The van der Waals surface area contributed by atoms with Crippen molar-refractivity contribution in [1.82, 2.24) is 0 Å². The molecule has 0 heterocycles. The lowest BCUT2D eigenvalue weighted by Crippen LogP contribution is -2.23. The van der Waals surface area contributed by atoms with Gasteiger partial charge in [-0.05, 0) is 84.3 Å². The lowest BCUT2D eigenvalue weighted by molar-refractivity contribution is -0.147. The van der Waals surface area contributed by atoms with Gasteiger partial charge < -0.3 is 20.1 Å². The van der Waals surface area contributed by atoms with Crippen LogP contribution in [0.1, 0.15) is 90.2 Å². The van der Waals surface area contributed by atoms with Gasteiger partial charge in [-0.1, -0.05) is 25.3 Å². The molecule has 170 valence electrons. The van der Waals surface area contributed by atoms with E-state index in [1.165, 1.54) is 0 Å². The van der Waals surface area contributed by atoms with Gasteiger partial charge in [0.25, 0.3) is 6.47 Å². The van der Waals surface area contributed by atoms with Gasteiger partial charge in [-0.2, -0.15) is 0 Å². The van der Waals surface area contributed by atoms with E-state index in [9.17, 15) is 19.8 Å². The molecule has 0 radical (unpaired) electrons. The van der Waals surface area contributed by atoms with Crippen molar-refractivity contribution in [3.05, 3.63) is 23.3 Å². The van der Waals surface area contributed by atoms with Crippen LogP contribution in [0.15, 0.2) is 12.1 Å². The number of benzene rings is 1. The number of phenolic OH excluding ortho intramolecular Hbond substituents is 2. The van der Waals surface area contributed by atoms with E-state index in [2.05, 4.69) is 0 Å². The molecule has 0 aromatic heterocycles. The van der Waals surface area contributed by atoms with E-state index in [0.29, 0.717) is 31.3 Å². The van der Waals surface area contributed by atoms with Crippen LogP contribution in [0.5, 0.6) is 11.5 Å². The number of ether oxygens (including phenoxy) is 1. The van der Waals surface area contributed by atoms with Crippen molar-refractivity contribution >= 4 is 12.4 Å². The monoisotopic (exact) mass is 422 g/mol. The van der Waals surface area contributed by atoms with Gasteiger partial charge in [0.2, 0.25) is 0 Å². The zero-order valence-electron chi connectivity index (χ0n) is 18.9. The fraction of sp³-hybridized carbons (Fsp3) is 0.667. The molecule has 0 aliphatic heterocycles. The predicted octanol–water partition coefficient (Wildman–Crippen LogP) is 5.37. The average Bonchev–Trinajstić information content (AvgIpc) is 2.65. The van der Waals surface area contributed by atoms with Gasteiger partial charge in [-0.15, -0.1) is 0 Å². The normalized spacial score (nSPS) is 12.0. The molecule has 1 aromatic carbocycles. The lowest BCUT2D eigenvalue weighted by atomic mass is 9.87. The summed E-state index contributed by atoms with van der Waals surface area (Å²) >= 11 is 0. The van der Waals surface area contributed by atoms with Crippen molar-refractivity contribution in [2.75, 3.05) is 0 Å². The van der Waals surface area contributed by atoms with Gasteiger partial charge in [-0.3, -0.25) is 9.59 Å². The highest BCUT2D eigenvalue weighted by Gasteiger charge is 2.26. The van der Waals surface area contributed by atoms with Gasteiger partial charge in [0.05, 0.1) is 5.41 Å². The molecule has 30 heavy (non-hydrogen) atoms. The molecule has 0 bridgehead atoms. The predicted molar refractivity (Wildman–Crippen MR) is 117 cm³/mol. The zero-order chi connectivity index (χ0) is 22.8. The molecule has 0 atom stereocenters. The van der Waals surface area contributed by atoms with Gasteiger partial charge in [0.15, 0.2) is 0 Å². The average molecular weight is 423 g/mol. The van der Waals surface area contributed by atoms with Crippen molar-refractivity contribution in [1.29, 1.82) is 0 Å². The molecule has 0 amide bonds. The number of rotatable bonds is 15. The first-order valence-corrected chi connectivity index (χ1v) is 10.9. The van der Waals surface area contributed by atoms with Crippen LogP contribution in [0.4, 0.5) is 0 Å². The Morgan fingerprint density at radius 3 is 2.17 bits per heavy atom. The number of carbonyl (C=O) groups is 2. The van der Waals surface area contributed by atoms with Crippen LogP contribution in [0.2, 0.25) is 0 Å². The molecule has 0 spiro atoms. The molecule has 0 saturated heterocycles. The van der Waals surface area contributed by atoms with Gasteiger partial charge in [0.1, 0.15) is 17.1 Å². The van der Waals surface area contributed by atoms with Crippen molar-refractivity contribution in [3.8, 4) is 11.5 Å². The maximum atomic E-state index is 11.1. The molecule has 1 rings (SSSR count). The molecule has 0 saturated carbocycles. The first kappa shape index (κ1) is 25.8. The fourth-order valence-corrected chi connectivity index (χ4v) is 3.51. The molecule has 6 heteroatoms. The largest absolute Gasteiger partial charge is 0.508 e. The molecular weight excluding hydrogens is 384 g/mol. The Kier molecular flexibility index (Phi) is 10.2. The number of phenols is 2. The van der Waals surface area contributed by atoms with E-state index in [-0.39, 0.29) is 11.5 Å². The first-order valence-electron chi connectivity index (χ1n) is 10.9. The van der Waals surface area contributed by atoms with Crippen molar-refractivity contribution in [2.45, 2.75) is 97.5 Å². The molecule has 0 unspecified atom stereocenters. The van der Waals surface area contributed by atoms with Crippen molar-refractivity contribution < 1.29 is 29.6 Å². The Balaban J connectivity index is 2.46. The molecule has 0 aliphatic carbocycles. The van der Waals surface area contributed by atoms with E-state index in [4.69, 9.17) is 9.84 Å². The SMILES string of the molecule is CC(C)(CCCCc1ccc(O)c(CCCCCCC(C)(C)C(=O)O)c1O)OC=O. The second kappa shape index (κ2) is 11.8. The molecule has 3 N–H and O–H groups in total. The highest BCUT2D eigenvalue weighted by Crippen LogP contribution is 2.33. The topological polar surface area (TPSA) is 104 Å². The summed E-state index contributed by atoms with van der Waals surface area (Å²) in [5.74, 6) is -0.483. The summed E-state index contributed by atoms with van der Waals surface area (Å²) in [5.41, 5.74) is 0.228. The minimum atomic E-state index is -0.769. The number of carbonyl (C=O) groups excluding carboxylic acids is 1. The molecule has 0 fully saturated rings. The number of aromatic hydroxyl groups is 2. The quantitative estimate of drug-likeness (QED) is 0.259. The van der Waals surface area contributed by atoms with E-state index in [1.807, 2.05) is 13.8 Å². The van der Waals surface area contributed by atoms with Gasteiger partial charge in [-0.25, -0.2) is 0 Å². The molecule has 6 nitrogen and oxygen atoms in total. The van der Waals surface area contributed by atoms with Gasteiger partial charge in [0, 0.05) is 5.56 Å².